The smallest absolute Gasteiger partial charge is 0.245 e. The highest BCUT2D eigenvalue weighted by Crippen LogP contribution is 2.26. The van der Waals surface area contributed by atoms with Gasteiger partial charge >= 0.3 is 0 Å². The molecule has 1 aliphatic rings. The molecule has 2 heterocycles. The van der Waals surface area contributed by atoms with Gasteiger partial charge in [-0.1, -0.05) is 30.3 Å². The van der Waals surface area contributed by atoms with Gasteiger partial charge in [0, 0.05) is 19.5 Å². The van der Waals surface area contributed by atoms with Crippen LogP contribution in [0.15, 0.2) is 47.2 Å². The van der Waals surface area contributed by atoms with E-state index in [-0.39, 0.29) is 18.1 Å². The van der Waals surface area contributed by atoms with E-state index in [4.69, 9.17) is 4.74 Å². The zero-order chi connectivity index (χ0) is 18.4. The SMILES string of the molecule is CC1CN(C(=O)C(Cc2ccsc2)NC=O)CCC(c2ccccc2)O1. The molecule has 0 spiro atoms. The van der Waals surface area contributed by atoms with Gasteiger partial charge in [0.2, 0.25) is 12.3 Å². The molecule has 3 rings (SSSR count). The first-order valence-electron chi connectivity index (χ1n) is 8.87. The molecular formula is C20H24N2O3S. The van der Waals surface area contributed by atoms with Crippen molar-refractivity contribution in [1.82, 2.24) is 10.2 Å². The molecule has 138 valence electrons. The standard InChI is InChI=1S/C20H24N2O3S/c1-15-12-22(9-7-19(25-15)17-5-3-2-4-6-17)20(24)18(21-14-23)11-16-8-10-26-13-16/h2-6,8,10,13-15,18-19H,7,9,11-12H2,1H3,(H,21,23). The van der Waals surface area contributed by atoms with Crippen molar-refractivity contribution in [2.45, 2.75) is 38.0 Å². The summed E-state index contributed by atoms with van der Waals surface area (Å²) in [5.41, 5.74) is 2.19. The molecule has 26 heavy (non-hydrogen) atoms. The lowest BCUT2D eigenvalue weighted by Gasteiger charge is -2.26. The Morgan fingerprint density at radius 2 is 2.19 bits per heavy atom. The molecule has 1 fully saturated rings. The number of amides is 2. The Kier molecular flexibility index (Phi) is 6.41. The van der Waals surface area contributed by atoms with Crippen LogP contribution in [-0.4, -0.2) is 42.5 Å². The lowest BCUT2D eigenvalue weighted by molar-refractivity contribution is -0.135. The number of hydrogen-bond acceptors (Lipinski definition) is 4. The first-order valence-corrected chi connectivity index (χ1v) is 9.81. The van der Waals surface area contributed by atoms with Gasteiger partial charge in [-0.2, -0.15) is 11.3 Å². The zero-order valence-electron chi connectivity index (χ0n) is 14.8. The van der Waals surface area contributed by atoms with Gasteiger partial charge in [0.25, 0.3) is 0 Å². The number of nitrogens with zero attached hydrogens (tertiary/aromatic N) is 1. The number of ether oxygens (including phenoxy) is 1. The summed E-state index contributed by atoms with van der Waals surface area (Å²) in [7, 11) is 0. The number of rotatable bonds is 6. The van der Waals surface area contributed by atoms with Crippen molar-refractivity contribution in [3.05, 3.63) is 58.3 Å². The van der Waals surface area contributed by atoms with Gasteiger partial charge in [0.1, 0.15) is 6.04 Å². The molecule has 1 saturated heterocycles. The van der Waals surface area contributed by atoms with Crippen LogP contribution in [0.5, 0.6) is 0 Å². The molecular weight excluding hydrogens is 348 g/mol. The molecule has 6 heteroatoms. The van der Waals surface area contributed by atoms with Crippen LogP contribution in [0.4, 0.5) is 0 Å². The van der Waals surface area contributed by atoms with E-state index in [0.29, 0.717) is 25.9 Å². The Hall–Kier alpha value is -2.18. The van der Waals surface area contributed by atoms with Crippen molar-refractivity contribution in [2.75, 3.05) is 13.1 Å². The molecule has 1 aliphatic heterocycles. The molecule has 1 N–H and O–H groups in total. The van der Waals surface area contributed by atoms with Crippen LogP contribution in [0.2, 0.25) is 0 Å². The summed E-state index contributed by atoms with van der Waals surface area (Å²) in [4.78, 5) is 25.8. The first kappa shape index (κ1) is 18.6. The van der Waals surface area contributed by atoms with E-state index >= 15 is 0 Å². The van der Waals surface area contributed by atoms with E-state index in [1.165, 1.54) is 0 Å². The van der Waals surface area contributed by atoms with E-state index in [1.54, 1.807) is 11.3 Å². The fourth-order valence-electron chi connectivity index (χ4n) is 3.34. The number of thiophene rings is 1. The number of carbonyl (C=O) groups is 2. The number of benzene rings is 1. The first-order chi connectivity index (χ1) is 12.7. The third-order valence-corrected chi connectivity index (χ3v) is 5.34. The molecule has 1 aromatic heterocycles. The molecule has 2 aromatic rings. The average Bonchev–Trinajstić information content (AvgIpc) is 3.08. The molecule has 0 saturated carbocycles. The second kappa shape index (κ2) is 8.96. The Labute approximate surface area is 158 Å². The van der Waals surface area contributed by atoms with Crippen LogP contribution >= 0.6 is 11.3 Å². The van der Waals surface area contributed by atoms with Crippen molar-refractivity contribution in [3.8, 4) is 0 Å². The van der Waals surface area contributed by atoms with Crippen molar-refractivity contribution >= 4 is 23.7 Å². The minimum absolute atomic E-state index is 0.0154. The summed E-state index contributed by atoms with van der Waals surface area (Å²) in [5.74, 6) is -0.0486. The predicted octanol–water partition coefficient (Wildman–Crippen LogP) is 2.78. The van der Waals surface area contributed by atoms with Crippen LogP contribution in [0, 0.1) is 0 Å². The van der Waals surface area contributed by atoms with Crippen molar-refractivity contribution in [3.63, 3.8) is 0 Å². The topological polar surface area (TPSA) is 58.6 Å². The Morgan fingerprint density at radius 3 is 2.88 bits per heavy atom. The summed E-state index contributed by atoms with van der Waals surface area (Å²) in [5, 5.41) is 6.67. The zero-order valence-corrected chi connectivity index (χ0v) is 15.7. The number of nitrogens with one attached hydrogen (secondary N) is 1. The molecule has 3 atom stereocenters. The second-order valence-corrected chi connectivity index (χ2v) is 7.37. The minimum atomic E-state index is -0.539. The molecule has 3 unspecified atom stereocenters. The van der Waals surface area contributed by atoms with E-state index in [0.717, 1.165) is 17.5 Å². The normalized spacial score (nSPS) is 21.7. The molecule has 0 bridgehead atoms. The molecule has 0 radical (unpaired) electrons. The summed E-state index contributed by atoms with van der Waals surface area (Å²) in [6.07, 6.45) is 1.78. The number of carbonyl (C=O) groups excluding carboxylic acids is 2. The minimum Gasteiger partial charge on any atom is -0.369 e. The van der Waals surface area contributed by atoms with E-state index in [1.807, 2.05) is 46.8 Å². The highest BCUT2D eigenvalue weighted by atomic mass is 32.1. The molecule has 1 aromatic carbocycles. The average molecular weight is 372 g/mol. The quantitative estimate of drug-likeness (QED) is 0.794. The Balaban J connectivity index is 1.69. The van der Waals surface area contributed by atoms with Gasteiger partial charge in [0.15, 0.2) is 0 Å². The monoisotopic (exact) mass is 372 g/mol. The maximum absolute atomic E-state index is 13.0. The molecule has 0 aliphatic carbocycles. The summed E-state index contributed by atoms with van der Waals surface area (Å²) >= 11 is 1.59. The van der Waals surface area contributed by atoms with Crippen LogP contribution in [-0.2, 0) is 20.7 Å². The lowest BCUT2D eigenvalue weighted by Crippen LogP contribution is -2.49. The van der Waals surface area contributed by atoms with Gasteiger partial charge in [-0.05, 0) is 41.3 Å². The maximum atomic E-state index is 13.0. The van der Waals surface area contributed by atoms with Crippen molar-refractivity contribution < 1.29 is 14.3 Å². The summed E-state index contributed by atoms with van der Waals surface area (Å²) in [6, 6.07) is 11.5. The number of hydrogen-bond donors (Lipinski definition) is 1. The van der Waals surface area contributed by atoms with Crippen LogP contribution < -0.4 is 5.32 Å². The highest BCUT2D eigenvalue weighted by Gasteiger charge is 2.30. The third kappa shape index (κ3) is 4.71. The Morgan fingerprint density at radius 1 is 1.38 bits per heavy atom. The molecule has 5 nitrogen and oxygen atoms in total. The predicted molar refractivity (Wildman–Crippen MR) is 102 cm³/mol. The third-order valence-electron chi connectivity index (χ3n) is 4.61. The van der Waals surface area contributed by atoms with Gasteiger partial charge in [-0.25, -0.2) is 0 Å². The molecule has 2 amide bonds. The van der Waals surface area contributed by atoms with Gasteiger partial charge in [0.05, 0.1) is 12.2 Å². The lowest BCUT2D eigenvalue weighted by atomic mass is 10.1. The van der Waals surface area contributed by atoms with Crippen molar-refractivity contribution in [2.24, 2.45) is 0 Å². The fourth-order valence-corrected chi connectivity index (χ4v) is 4.03. The van der Waals surface area contributed by atoms with Crippen molar-refractivity contribution in [1.29, 1.82) is 0 Å². The highest BCUT2D eigenvalue weighted by molar-refractivity contribution is 7.07. The second-order valence-electron chi connectivity index (χ2n) is 6.59. The van der Waals surface area contributed by atoms with Gasteiger partial charge in [-0.15, -0.1) is 0 Å². The van der Waals surface area contributed by atoms with Gasteiger partial charge < -0.3 is 15.0 Å². The Bertz CT molecular complexity index is 705. The van der Waals surface area contributed by atoms with Crippen LogP contribution in [0.25, 0.3) is 0 Å². The van der Waals surface area contributed by atoms with Crippen LogP contribution in [0.3, 0.4) is 0 Å². The summed E-state index contributed by atoms with van der Waals surface area (Å²) < 4.78 is 6.14. The fraction of sp³-hybridized carbons (Fsp3) is 0.400. The van der Waals surface area contributed by atoms with Crippen LogP contribution in [0.1, 0.15) is 30.6 Å². The largest absolute Gasteiger partial charge is 0.369 e. The van der Waals surface area contributed by atoms with E-state index in [9.17, 15) is 9.59 Å². The van der Waals surface area contributed by atoms with Gasteiger partial charge in [-0.3, -0.25) is 9.59 Å². The maximum Gasteiger partial charge on any atom is 0.245 e. The summed E-state index contributed by atoms with van der Waals surface area (Å²) in [6.45, 7) is 3.13. The van der Waals surface area contributed by atoms with E-state index in [2.05, 4.69) is 17.4 Å². The van der Waals surface area contributed by atoms with E-state index < -0.39 is 6.04 Å².